The Morgan fingerprint density at radius 3 is 2.44 bits per heavy atom. The van der Waals surface area contributed by atoms with Gasteiger partial charge in [0.05, 0.1) is 6.61 Å². The summed E-state index contributed by atoms with van der Waals surface area (Å²) in [6.45, 7) is 11.1. The molecule has 0 aromatic heterocycles. The second-order valence-electron chi connectivity index (χ2n) is 10.2. The van der Waals surface area contributed by atoms with Crippen LogP contribution >= 0.6 is 0 Å². The number of ether oxygens (including phenoxy) is 1. The van der Waals surface area contributed by atoms with Gasteiger partial charge < -0.3 is 25.4 Å². The summed E-state index contributed by atoms with van der Waals surface area (Å²) in [5, 5.41) is 15.5. The van der Waals surface area contributed by atoms with Crippen LogP contribution in [0, 0.1) is 12.8 Å². The molecule has 0 radical (unpaired) electrons. The van der Waals surface area contributed by atoms with Crippen LogP contribution in [0.2, 0.25) is 0 Å². The van der Waals surface area contributed by atoms with Crippen molar-refractivity contribution >= 4 is 17.9 Å². The Morgan fingerprint density at radius 2 is 1.91 bits per heavy atom. The zero-order chi connectivity index (χ0) is 25.5. The van der Waals surface area contributed by atoms with Crippen LogP contribution in [0.5, 0.6) is 0 Å². The molecule has 1 saturated carbocycles. The van der Waals surface area contributed by atoms with Crippen LogP contribution in [-0.4, -0.2) is 58.8 Å². The third kappa shape index (κ3) is 8.01. The molecule has 4 atom stereocenters. The minimum absolute atomic E-state index is 0.158. The van der Waals surface area contributed by atoms with Crippen molar-refractivity contribution < 1.29 is 24.2 Å². The van der Waals surface area contributed by atoms with E-state index in [2.05, 4.69) is 17.6 Å². The van der Waals surface area contributed by atoms with Crippen molar-refractivity contribution in [1.29, 1.82) is 0 Å². The minimum Gasteiger partial charge on any atom is -0.444 e. The van der Waals surface area contributed by atoms with E-state index >= 15 is 0 Å². The normalized spacial score (nSPS) is 19.0. The Labute approximate surface area is 203 Å². The molecule has 8 nitrogen and oxygen atoms in total. The van der Waals surface area contributed by atoms with Gasteiger partial charge >= 0.3 is 6.09 Å². The molecule has 0 heterocycles. The number of carbonyl (C=O) groups excluding carboxylic acids is 3. The van der Waals surface area contributed by atoms with Gasteiger partial charge in [-0.15, -0.1) is 0 Å². The van der Waals surface area contributed by atoms with Crippen molar-refractivity contribution in [3.8, 4) is 0 Å². The third-order valence-corrected chi connectivity index (χ3v) is 5.81. The number of nitrogens with one attached hydrogen (secondary N) is 2. The Morgan fingerprint density at radius 1 is 1.24 bits per heavy atom. The molecule has 1 fully saturated rings. The second-order valence-corrected chi connectivity index (χ2v) is 10.2. The van der Waals surface area contributed by atoms with E-state index in [9.17, 15) is 19.5 Å². The van der Waals surface area contributed by atoms with Crippen LogP contribution in [0.4, 0.5) is 4.79 Å². The summed E-state index contributed by atoms with van der Waals surface area (Å²) >= 11 is 0. The summed E-state index contributed by atoms with van der Waals surface area (Å²) in [6.07, 6.45) is 2.86. The lowest BCUT2D eigenvalue weighted by molar-refractivity contribution is -0.144. The molecular weight excluding hydrogens is 434 g/mol. The molecule has 0 aliphatic heterocycles. The largest absolute Gasteiger partial charge is 0.444 e. The summed E-state index contributed by atoms with van der Waals surface area (Å²) < 4.78 is 5.27. The predicted molar refractivity (Wildman–Crippen MR) is 131 cm³/mol. The molecule has 34 heavy (non-hydrogen) atoms. The highest BCUT2D eigenvalue weighted by atomic mass is 16.6. The highest BCUT2D eigenvalue weighted by Crippen LogP contribution is 2.40. The number of alkyl carbamates (subject to hydrolysis) is 1. The first kappa shape index (κ1) is 27.6. The first-order valence-electron chi connectivity index (χ1n) is 12.2. The highest BCUT2D eigenvalue weighted by Gasteiger charge is 2.48. The Hall–Kier alpha value is -2.61. The number of carbonyl (C=O) groups is 3. The monoisotopic (exact) mass is 475 g/mol. The summed E-state index contributed by atoms with van der Waals surface area (Å²) in [6, 6.07) is 5.30. The van der Waals surface area contributed by atoms with Crippen LogP contribution in [0.15, 0.2) is 24.3 Å². The highest BCUT2D eigenvalue weighted by molar-refractivity contribution is 5.92. The quantitative estimate of drug-likeness (QED) is 0.425. The summed E-state index contributed by atoms with van der Waals surface area (Å²) in [4.78, 5) is 41.0. The fraction of sp³-hybridized carbons (Fsp3) is 0.654. The maximum atomic E-state index is 13.7. The number of unbranched alkanes of at least 4 members (excludes halogenated alkanes) is 2. The van der Waals surface area contributed by atoms with E-state index in [1.165, 1.54) is 0 Å². The maximum absolute atomic E-state index is 13.7. The van der Waals surface area contributed by atoms with E-state index in [0.29, 0.717) is 12.1 Å². The lowest BCUT2D eigenvalue weighted by Gasteiger charge is -2.34. The molecule has 8 heteroatoms. The lowest BCUT2D eigenvalue weighted by Crippen LogP contribution is -2.55. The molecular formula is C26H41N3O5. The van der Waals surface area contributed by atoms with Gasteiger partial charge in [0.1, 0.15) is 17.7 Å². The molecule has 1 aliphatic carbocycles. The number of benzene rings is 1. The van der Waals surface area contributed by atoms with Gasteiger partial charge in [0.15, 0.2) is 0 Å². The maximum Gasteiger partial charge on any atom is 0.408 e. The molecule has 3 N–H and O–H groups in total. The molecule has 3 amide bonds. The summed E-state index contributed by atoms with van der Waals surface area (Å²) in [5.41, 5.74) is 0.929. The number of rotatable bonds is 11. The summed E-state index contributed by atoms with van der Waals surface area (Å²) in [5.74, 6) is -0.550. The van der Waals surface area contributed by atoms with Crippen LogP contribution in [0.25, 0.3) is 0 Å². The molecule has 0 spiro atoms. The number of aliphatic hydroxyl groups excluding tert-OH is 1. The fourth-order valence-electron chi connectivity index (χ4n) is 3.95. The minimum atomic E-state index is -1.22. The number of amides is 3. The zero-order valence-electron chi connectivity index (χ0n) is 21.4. The van der Waals surface area contributed by atoms with Gasteiger partial charge in [-0.1, -0.05) is 56.5 Å². The zero-order valence-corrected chi connectivity index (χ0v) is 21.4. The standard InChI is InChI=1S/C26H41N3O5/c1-7-8-9-13-27-23(31)22(19-12-10-11-17(2)14-19)29(21-15-18(21)3)24(32)20(16-30)28-25(33)34-26(4,5)6/h10-12,14,18,20-22,30H,7-9,13,15-16H2,1-6H3,(H,27,31)(H,28,33). The van der Waals surface area contributed by atoms with Crippen molar-refractivity contribution in [2.24, 2.45) is 5.92 Å². The number of nitrogens with zero attached hydrogens (tertiary/aromatic N) is 1. The van der Waals surface area contributed by atoms with Gasteiger partial charge in [-0.05, 0) is 52.0 Å². The Kier molecular flexibility index (Phi) is 9.91. The Balaban J connectivity index is 2.36. The van der Waals surface area contributed by atoms with Gasteiger partial charge in [0, 0.05) is 12.6 Å². The van der Waals surface area contributed by atoms with E-state index in [0.717, 1.165) is 31.2 Å². The Bertz CT molecular complexity index is 851. The van der Waals surface area contributed by atoms with E-state index in [-0.39, 0.29) is 17.9 Å². The van der Waals surface area contributed by atoms with Crippen molar-refractivity contribution in [3.05, 3.63) is 35.4 Å². The molecule has 0 bridgehead atoms. The third-order valence-electron chi connectivity index (χ3n) is 5.81. The smallest absolute Gasteiger partial charge is 0.408 e. The van der Waals surface area contributed by atoms with Crippen LogP contribution in [-0.2, 0) is 14.3 Å². The summed E-state index contributed by atoms with van der Waals surface area (Å²) in [7, 11) is 0. The van der Waals surface area contributed by atoms with Gasteiger partial charge in [0.25, 0.3) is 0 Å². The lowest BCUT2D eigenvalue weighted by atomic mass is 10.0. The predicted octanol–water partition coefficient (Wildman–Crippen LogP) is 3.47. The number of hydrogen-bond acceptors (Lipinski definition) is 5. The first-order chi connectivity index (χ1) is 16.0. The SMILES string of the molecule is CCCCCNC(=O)C(c1cccc(C)c1)N(C(=O)C(CO)NC(=O)OC(C)(C)C)C1CC1C. The average Bonchev–Trinajstić information content (AvgIpc) is 3.47. The van der Waals surface area contributed by atoms with Gasteiger partial charge in [-0.3, -0.25) is 9.59 Å². The van der Waals surface area contributed by atoms with Crippen LogP contribution in [0.1, 0.15) is 77.5 Å². The van der Waals surface area contributed by atoms with Crippen molar-refractivity contribution in [2.75, 3.05) is 13.2 Å². The van der Waals surface area contributed by atoms with Crippen molar-refractivity contribution in [3.63, 3.8) is 0 Å². The van der Waals surface area contributed by atoms with E-state index in [1.54, 1.807) is 25.7 Å². The van der Waals surface area contributed by atoms with E-state index in [4.69, 9.17) is 4.74 Å². The van der Waals surface area contributed by atoms with Crippen molar-refractivity contribution in [2.45, 2.75) is 91.0 Å². The second kappa shape index (κ2) is 12.2. The van der Waals surface area contributed by atoms with Crippen LogP contribution in [0.3, 0.4) is 0 Å². The first-order valence-corrected chi connectivity index (χ1v) is 12.2. The molecule has 1 aromatic carbocycles. The van der Waals surface area contributed by atoms with Gasteiger partial charge in [-0.2, -0.15) is 0 Å². The van der Waals surface area contributed by atoms with E-state index < -0.39 is 36.3 Å². The molecule has 4 unspecified atom stereocenters. The topological polar surface area (TPSA) is 108 Å². The number of aliphatic hydroxyl groups is 1. The molecule has 190 valence electrons. The molecule has 2 rings (SSSR count). The average molecular weight is 476 g/mol. The van der Waals surface area contributed by atoms with Gasteiger partial charge in [0.2, 0.25) is 11.8 Å². The number of hydrogen-bond donors (Lipinski definition) is 3. The van der Waals surface area contributed by atoms with Gasteiger partial charge in [-0.25, -0.2) is 4.79 Å². The van der Waals surface area contributed by atoms with Crippen LogP contribution < -0.4 is 10.6 Å². The van der Waals surface area contributed by atoms with Crippen molar-refractivity contribution in [1.82, 2.24) is 15.5 Å². The number of aryl methyl sites for hydroxylation is 1. The molecule has 1 aromatic rings. The molecule has 0 saturated heterocycles. The molecule has 1 aliphatic rings. The fourth-order valence-corrected chi connectivity index (χ4v) is 3.95. The van der Waals surface area contributed by atoms with E-state index in [1.807, 2.05) is 38.1 Å².